The van der Waals surface area contributed by atoms with E-state index in [1.54, 1.807) is 4.90 Å². The maximum Gasteiger partial charge on any atom is 0.241 e. The molecule has 0 aromatic rings. The van der Waals surface area contributed by atoms with Gasteiger partial charge in [-0.2, -0.15) is 0 Å². The molecule has 0 fully saturated rings. The van der Waals surface area contributed by atoms with Crippen molar-refractivity contribution >= 4 is 5.91 Å². The minimum Gasteiger partial charge on any atom is -0.342 e. The van der Waals surface area contributed by atoms with Gasteiger partial charge in [-0.05, 0) is 27.7 Å². The first-order valence-electron chi connectivity index (χ1n) is 5.50. The highest BCUT2D eigenvalue weighted by molar-refractivity contribution is 5.77. The number of carbonyl (C=O) groups is 1. The van der Waals surface area contributed by atoms with Crippen LogP contribution in [0.15, 0.2) is 0 Å². The van der Waals surface area contributed by atoms with Crippen LogP contribution < -0.4 is 0 Å². The summed E-state index contributed by atoms with van der Waals surface area (Å²) in [6.07, 6.45) is 0. The fraction of sp³-hybridized carbons (Fsp3) is 0.900. The van der Waals surface area contributed by atoms with Crippen LogP contribution in [0.1, 0.15) is 27.7 Å². The number of hydrogen-bond donors (Lipinski definition) is 0. The molecule has 0 spiro atoms. The summed E-state index contributed by atoms with van der Waals surface area (Å²) in [6.45, 7) is 10.2. The lowest BCUT2D eigenvalue weighted by atomic mass is 10.4. The molecule has 0 aromatic carbocycles. The predicted octanol–water partition coefficient (Wildman–Crippen LogP) is 1.06. The number of carbonyl (C=O) groups excluding carboxylic acids is 1. The quantitative estimate of drug-likeness (QED) is 0.571. The Hall–Kier alpha value is -0.650. The predicted molar refractivity (Wildman–Crippen MR) is 57.9 cm³/mol. The van der Waals surface area contributed by atoms with E-state index in [0.29, 0.717) is 26.3 Å². The van der Waals surface area contributed by atoms with E-state index < -0.39 is 0 Å². The molecule has 5 heteroatoms. The van der Waals surface area contributed by atoms with E-state index in [4.69, 9.17) is 9.68 Å². The summed E-state index contributed by atoms with van der Waals surface area (Å²) in [5, 5.41) is 1.25. The first kappa shape index (κ1) is 14.3. The molecular formula is C10H22N2O3. The van der Waals surface area contributed by atoms with Gasteiger partial charge in [0.25, 0.3) is 0 Å². The zero-order valence-electron chi connectivity index (χ0n) is 10.2. The van der Waals surface area contributed by atoms with Crippen molar-refractivity contribution < 1.29 is 14.5 Å². The molecule has 0 aliphatic heterocycles. The Bertz CT molecular complexity index is 166. The van der Waals surface area contributed by atoms with Gasteiger partial charge in [0.2, 0.25) is 5.91 Å². The van der Waals surface area contributed by atoms with Gasteiger partial charge in [0, 0.05) is 13.1 Å². The van der Waals surface area contributed by atoms with Crippen LogP contribution in [0.5, 0.6) is 0 Å². The highest BCUT2D eigenvalue weighted by Gasteiger charge is 2.15. The lowest BCUT2D eigenvalue weighted by Crippen LogP contribution is -2.40. The molecule has 0 atom stereocenters. The molecule has 0 saturated heterocycles. The van der Waals surface area contributed by atoms with Crippen LogP contribution in [0.2, 0.25) is 0 Å². The molecule has 0 heterocycles. The van der Waals surface area contributed by atoms with E-state index in [-0.39, 0.29) is 12.5 Å². The molecule has 0 radical (unpaired) electrons. The van der Waals surface area contributed by atoms with E-state index >= 15 is 0 Å². The Morgan fingerprint density at radius 3 is 1.80 bits per heavy atom. The number of likely N-dealkylation sites (N-methyl/N-ethyl adjacent to an activating group) is 1. The van der Waals surface area contributed by atoms with Gasteiger partial charge in [-0.3, -0.25) is 14.5 Å². The maximum atomic E-state index is 11.7. The van der Waals surface area contributed by atoms with Crippen molar-refractivity contribution in [1.82, 2.24) is 10.1 Å². The minimum absolute atomic E-state index is 0.0156. The van der Waals surface area contributed by atoms with Crippen LogP contribution in [-0.2, 0) is 14.5 Å². The van der Waals surface area contributed by atoms with Crippen molar-refractivity contribution in [3.8, 4) is 0 Å². The largest absolute Gasteiger partial charge is 0.342 e. The number of hydrogen-bond acceptors (Lipinski definition) is 4. The van der Waals surface area contributed by atoms with Gasteiger partial charge in [-0.1, -0.05) is 5.23 Å². The third-order valence-corrected chi connectivity index (χ3v) is 1.93. The summed E-state index contributed by atoms with van der Waals surface area (Å²) < 4.78 is 0. The smallest absolute Gasteiger partial charge is 0.241 e. The second kappa shape index (κ2) is 8.64. The topological polar surface area (TPSA) is 42.0 Å². The summed E-state index contributed by atoms with van der Waals surface area (Å²) >= 11 is 0. The van der Waals surface area contributed by atoms with Crippen LogP contribution in [0.25, 0.3) is 0 Å². The Balaban J connectivity index is 4.07. The van der Waals surface area contributed by atoms with Gasteiger partial charge in [-0.25, -0.2) is 0 Å². The second-order valence-electron chi connectivity index (χ2n) is 2.89. The van der Waals surface area contributed by atoms with Gasteiger partial charge < -0.3 is 4.90 Å². The monoisotopic (exact) mass is 218 g/mol. The summed E-state index contributed by atoms with van der Waals surface area (Å²) in [4.78, 5) is 23.7. The molecule has 0 unspecified atom stereocenters. The zero-order valence-corrected chi connectivity index (χ0v) is 10.2. The average molecular weight is 218 g/mol. The SMILES string of the molecule is CCON(CC(=O)N(CC)CC)OCC. The molecule has 0 saturated carbocycles. The first-order valence-corrected chi connectivity index (χ1v) is 5.50. The molecule has 0 aromatic heterocycles. The third kappa shape index (κ3) is 5.71. The van der Waals surface area contributed by atoms with Crippen molar-refractivity contribution in [3.63, 3.8) is 0 Å². The Morgan fingerprint density at radius 2 is 1.47 bits per heavy atom. The van der Waals surface area contributed by atoms with Gasteiger partial charge in [0.05, 0.1) is 13.2 Å². The summed E-state index contributed by atoms with van der Waals surface area (Å²) in [7, 11) is 0. The Labute approximate surface area is 91.8 Å². The van der Waals surface area contributed by atoms with E-state index in [9.17, 15) is 4.79 Å². The molecule has 90 valence electrons. The fourth-order valence-electron chi connectivity index (χ4n) is 1.20. The number of hydroxylamine groups is 2. The lowest BCUT2D eigenvalue weighted by molar-refractivity contribution is -0.360. The standard InChI is InChI=1S/C10H22N2O3/c1-5-11(6-2)10(13)9-12(14-7-3)15-8-4/h5-9H2,1-4H3. The van der Waals surface area contributed by atoms with Crippen molar-refractivity contribution in [1.29, 1.82) is 0 Å². The Morgan fingerprint density at radius 1 is 1.00 bits per heavy atom. The number of amides is 1. The van der Waals surface area contributed by atoms with Gasteiger partial charge in [0.15, 0.2) is 0 Å². The maximum absolute atomic E-state index is 11.7. The van der Waals surface area contributed by atoms with Crippen LogP contribution in [0.4, 0.5) is 0 Å². The van der Waals surface area contributed by atoms with Crippen molar-refractivity contribution in [2.24, 2.45) is 0 Å². The first-order chi connectivity index (χ1) is 7.19. The lowest BCUT2D eigenvalue weighted by Gasteiger charge is -2.23. The van der Waals surface area contributed by atoms with E-state index in [1.165, 1.54) is 5.23 Å². The summed E-state index contributed by atoms with van der Waals surface area (Å²) in [6, 6.07) is 0. The minimum atomic E-state index is 0.0156. The highest BCUT2D eigenvalue weighted by atomic mass is 16.9. The van der Waals surface area contributed by atoms with E-state index in [0.717, 1.165) is 0 Å². The molecule has 0 rings (SSSR count). The molecule has 1 amide bonds. The van der Waals surface area contributed by atoms with Crippen LogP contribution in [0.3, 0.4) is 0 Å². The van der Waals surface area contributed by atoms with Gasteiger partial charge in [0.1, 0.15) is 6.54 Å². The van der Waals surface area contributed by atoms with Gasteiger partial charge in [-0.15, -0.1) is 0 Å². The highest BCUT2D eigenvalue weighted by Crippen LogP contribution is 1.96. The van der Waals surface area contributed by atoms with Crippen LogP contribution in [-0.4, -0.2) is 48.9 Å². The van der Waals surface area contributed by atoms with Gasteiger partial charge >= 0.3 is 0 Å². The molecule has 15 heavy (non-hydrogen) atoms. The van der Waals surface area contributed by atoms with Crippen molar-refractivity contribution in [2.45, 2.75) is 27.7 Å². The molecule has 0 aliphatic carbocycles. The molecule has 0 bridgehead atoms. The van der Waals surface area contributed by atoms with E-state index in [2.05, 4.69) is 0 Å². The van der Waals surface area contributed by atoms with Crippen molar-refractivity contribution in [2.75, 3.05) is 32.8 Å². The average Bonchev–Trinajstić information content (AvgIpc) is 2.20. The van der Waals surface area contributed by atoms with Crippen LogP contribution in [0, 0.1) is 0 Å². The molecule has 5 nitrogen and oxygen atoms in total. The number of rotatable bonds is 8. The van der Waals surface area contributed by atoms with Crippen LogP contribution >= 0.6 is 0 Å². The second-order valence-corrected chi connectivity index (χ2v) is 2.89. The van der Waals surface area contributed by atoms with Crippen molar-refractivity contribution in [3.05, 3.63) is 0 Å². The molecular weight excluding hydrogens is 196 g/mol. The normalized spacial score (nSPS) is 10.7. The van der Waals surface area contributed by atoms with E-state index in [1.807, 2.05) is 27.7 Å². The third-order valence-electron chi connectivity index (χ3n) is 1.93. The summed E-state index contributed by atoms with van der Waals surface area (Å²) in [5.74, 6) is 0.0156. The zero-order chi connectivity index (χ0) is 11.7. The molecule has 0 aliphatic rings. The summed E-state index contributed by atoms with van der Waals surface area (Å²) in [5.41, 5.74) is 0. The Kier molecular flexibility index (Phi) is 8.27. The molecule has 0 N–H and O–H groups in total. The fourth-order valence-corrected chi connectivity index (χ4v) is 1.20. The number of nitrogens with zero attached hydrogens (tertiary/aromatic N) is 2.